The van der Waals surface area contributed by atoms with E-state index < -0.39 is 15.8 Å². The Labute approximate surface area is 173 Å². The van der Waals surface area contributed by atoms with Crippen LogP contribution in [0.15, 0.2) is 46.9 Å². The van der Waals surface area contributed by atoms with E-state index in [2.05, 4.69) is 21.2 Å². The summed E-state index contributed by atoms with van der Waals surface area (Å²) in [5.74, 6) is -1.24. The van der Waals surface area contributed by atoms with Crippen LogP contribution in [0.5, 0.6) is 0 Å². The minimum atomic E-state index is -3.62. The minimum absolute atomic E-state index is 0.104. The SMILES string of the molecule is Cc1cc(NC(=O)C2CCN(S(=O)(=O)Cc3ccccc3F)CC2)ccc1Br. The van der Waals surface area contributed by atoms with Crippen LogP contribution in [-0.4, -0.2) is 31.7 Å². The van der Waals surface area contributed by atoms with Gasteiger partial charge in [-0.2, -0.15) is 0 Å². The van der Waals surface area contributed by atoms with Gasteiger partial charge >= 0.3 is 0 Å². The first kappa shape index (κ1) is 21.0. The summed E-state index contributed by atoms with van der Waals surface area (Å²) >= 11 is 3.43. The van der Waals surface area contributed by atoms with Crippen molar-refractivity contribution in [2.75, 3.05) is 18.4 Å². The molecule has 8 heteroatoms. The van der Waals surface area contributed by atoms with Crippen LogP contribution in [0.1, 0.15) is 24.0 Å². The second-order valence-corrected chi connectivity index (χ2v) is 9.80. The Morgan fingerprint density at radius 1 is 1.21 bits per heavy atom. The first-order chi connectivity index (χ1) is 13.3. The summed E-state index contributed by atoms with van der Waals surface area (Å²) in [6.07, 6.45) is 0.885. The third kappa shape index (κ3) is 4.98. The first-order valence-corrected chi connectivity index (χ1v) is 11.4. The highest BCUT2D eigenvalue weighted by Crippen LogP contribution is 2.25. The van der Waals surface area contributed by atoms with E-state index in [1.54, 1.807) is 6.07 Å². The molecule has 5 nitrogen and oxygen atoms in total. The van der Waals surface area contributed by atoms with Crippen LogP contribution in [0, 0.1) is 18.7 Å². The normalized spacial score (nSPS) is 16.1. The van der Waals surface area contributed by atoms with E-state index in [1.807, 2.05) is 25.1 Å². The Kier molecular flexibility index (Phi) is 6.52. The number of halogens is 2. The van der Waals surface area contributed by atoms with Crippen LogP contribution in [-0.2, 0) is 20.6 Å². The summed E-state index contributed by atoms with van der Waals surface area (Å²) in [5.41, 5.74) is 1.90. The van der Waals surface area contributed by atoms with E-state index in [-0.39, 0.29) is 36.2 Å². The maximum atomic E-state index is 13.8. The molecule has 2 aromatic carbocycles. The third-order valence-corrected chi connectivity index (χ3v) is 7.66. The molecule has 0 radical (unpaired) electrons. The van der Waals surface area contributed by atoms with Gasteiger partial charge in [0.05, 0.1) is 5.75 Å². The Bertz CT molecular complexity index is 973. The van der Waals surface area contributed by atoms with Crippen LogP contribution >= 0.6 is 15.9 Å². The van der Waals surface area contributed by atoms with Gasteiger partial charge in [-0.25, -0.2) is 17.1 Å². The quantitative estimate of drug-likeness (QED) is 0.718. The summed E-state index contributed by atoms with van der Waals surface area (Å²) in [6, 6.07) is 11.5. The average molecular weight is 469 g/mol. The highest BCUT2D eigenvalue weighted by molar-refractivity contribution is 9.10. The van der Waals surface area contributed by atoms with Gasteiger partial charge < -0.3 is 5.32 Å². The number of hydrogen-bond acceptors (Lipinski definition) is 3. The zero-order chi connectivity index (χ0) is 20.3. The van der Waals surface area contributed by atoms with Crippen molar-refractivity contribution >= 4 is 37.5 Å². The molecule has 1 amide bonds. The molecule has 1 saturated heterocycles. The number of sulfonamides is 1. The molecule has 1 heterocycles. The van der Waals surface area contributed by atoms with Gasteiger partial charge in [-0.15, -0.1) is 0 Å². The van der Waals surface area contributed by atoms with Gasteiger partial charge in [0.15, 0.2) is 0 Å². The van der Waals surface area contributed by atoms with E-state index in [4.69, 9.17) is 0 Å². The van der Waals surface area contributed by atoms with Crippen LogP contribution in [0.4, 0.5) is 10.1 Å². The Hall–Kier alpha value is -1.77. The van der Waals surface area contributed by atoms with Crippen molar-refractivity contribution in [2.45, 2.75) is 25.5 Å². The van der Waals surface area contributed by atoms with Crippen molar-refractivity contribution in [3.63, 3.8) is 0 Å². The van der Waals surface area contributed by atoms with Crippen LogP contribution in [0.3, 0.4) is 0 Å². The molecule has 0 saturated carbocycles. The molecule has 1 aliphatic rings. The molecule has 1 N–H and O–H groups in total. The number of aryl methyl sites for hydroxylation is 1. The van der Waals surface area contributed by atoms with Crippen LogP contribution in [0.2, 0.25) is 0 Å². The van der Waals surface area contributed by atoms with Crippen molar-refractivity contribution in [1.82, 2.24) is 4.31 Å². The van der Waals surface area contributed by atoms with Gasteiger partial charge in [-0.1, -0.05) is 34.1 Å². The lowest BCUT2D eigenvalue weighted by Gasteiger charge is -2.30. The second-order valence-electron chi connectivity index (χ2n) is 6.97. The van der Waals surface area contributed by atoms with Gasteiger partial charge in [0.2, 0.25) is 15.9 Å². The molecular formula is C20H22BrFN2O3S. The zero-order valence-corrected chi connectivity index (χ0v) is 17.9. The second kappa shape index (κ2) is 8.71. The third-order valence-electron chi connectivity index (χ3n) is 4.94. The van der Waals surface area contributed by atoms with Gasteiger partial charge in [-0.05, 0) is 49.6 Å². The summed E-state index contributed by atoms with van der Waals surface area (Å²) in [4.78, 5) is 12.5. The number of rotatable bonds is 5. The van der Waals surface area contributed by atoms with Crippen LogP contribution in [0.25, 0.3) is 0 Å². The molecule has 28 heavy (non-hydrogen) atoms. The standard InChI is InChI=1S/C20H22BrFN2O3S/c1-14-12-17(6-7-18(14)21)23-20(25)15-8-10-24(11-9-15)28(26,27)13-16-4-2-3-5-19(16)22/h2-7,12,15H,8-11,13H2,1H3,(H,23,25). The van der Waals surface area contributed by atoms with Crippen molar-refractivity contribution in [1.29, 1.82) is 0 Å². The summed E-state index contributed by atoms with van der Waals surface area (Å²) in [7, 11) is -3.62. The topological polar surface area (TPSA) is 66.5 Å². The number of anilines is 1. The molecule has 0 aliphatic carbocycles. The van der Waals surface area contributed by atoms with Gasteiger partial charge in [0.1, 0.15) is 5.82 Å². The molecule has 0 unspecified atom stereocenters. The number of benzene rings is 2. The van der Waals surface area contributed by atoms with Crippen molar-refractivity contribution in [2.24, 2.45) is 5.92 Å². The largest absolute Gasteiger partial charge is 0.326 e. The summed E-state index contributed by atoms with van der Waals surface area (Å²) < 4.78 is 41.3. The number of nitrogens with zero attached hydrogens (tertiary/aromatic N) is 1. The van der Waals surface area contributed by atoms with E-state index in [0.29, 0.717) is 12.8 Å². The lowest BCUT2D eigenvalue weighted by molar-refractivity contribution is -0.120. The molecule has 3 rings (SSSR count). The maximum Gasteiger partial charge on any atom is 0.227 e. The van der Waals surface area contributed by atoms with Crippen molar-refractivity contribution in [3.8, 4) is 0 Å². The molecule has 1 fully saturated rings. The number of carbonyl (C=O) groups is 1. The molecule has 0 atom stereocenters. The van der Waals surface area contributed by atoms with Crippen molar-refractivity contribution < 1.29 is 17.6 Å². The molecule has 0 spiro atoms. The fourth-order valence-electron chi connectivity index (χ4n) is 3.27. The van der Waals surface area contributed by atoms with E-state index >= 15 is 0 Å². The predicted molar refractivity (Wildman–Crippen MR) is 111 cm³/mol. The predicted octanol–water partition coefficient (Wildman–Crippen LogP) is 4.08. The Balaban J connectivity index is 1.58. The number of carbonyl (C=O) groups excluding carboxylic acids is 1. The lowest BCUT2D eigenvalue weighted by atomic mass is 9.97. The lowest BCUT2D eigenvalue weighted by Crippen LogP contribution is -2.42. The molecule has 2 aromatic rings. The fraction of sp³-hybridized carbons (Fsp3) is 0.350. The Morgan fingerprint density at radius 2 is 1.89 bits per heavy atom. The summed E-state index contributed by atoms with van der Waals surface area (Å²) in [5, 5.41) is 2.90. The molecule has 1 aliphatic heterocycles. The van der Waals surface area contributed by atoms with Gasteiger partial charge in [0.25, 0.3) is 0 Å². The van der Waals surface area contributed by atoms with E-state index in [1.165, 1.54) is 22.5 Å². The number of amides is 1. The number of piperidine rings is 1. The van der Waals surface area contributed by atoms with Gasteiger partial charge in [0, 0.05) is 34.7 Å². The molecular weight excluding hydrogens is 447 g/mol. The molecule has 0 bridgehead atoms. The average Bonchev–Trinajstić information content (AvgIpc) is 2.66. The monoisotopic (exact) mass is 468 g/mol. The highest BCUT2D eigenvalue weighted by atomic mass is 79.9. The summed E-state index contributed by atoms with van der Waals surface area (Å²) in [6.45, 7) is 2.46. The number of nitrogens with one attached hydrogen (secondary N) is 1. The Morgan fingerprint density at radius 3 is 2.54 bits per heavy atom. The van der Waals surface area contributed by atoms with Crippen LogP contribution < -0.4 is 5.32 Å². The smallest absolute Gasteiger partial charge is 0.227 e. The fourth-order valence-corrected chi connectivity index (χ4v) is 5.09. The highest BCUT2D eigenvalue weighted by Gasteiger charge is 2.31. The number of hydrogen-bond donors (Lipinski definition) is 1. The van der Waals surface area contributed by atoms with E-state index in [9.17, 15) is 17.6 Å². The van der Waals surface area contributed by atoms with Crippen molar-refractivity contribution in [3.05, 3.63) is 63.9 Å². The first-order valence-electron chi connectivity index (χ1n) is 9.04. The van der Waals surface area contributed by atoms with Gasteiger partial charge in [-0.3, -0.25) is 4.79 Å². The maximum absolute atomic E-state index is 13.8. The zero-order valence-electron chi connectivity index (χ0n) is 15.5. The molecule has 0 aromatic heterocycles. The van der Waals surface area contributed by atoms with E-state index in [0.717, 1.165) is 15.7 Å². The minimum Gasteiger partial charge on any atom is -0.326 e. The molecule has 150 valence electrons.